The first-order valence-electron chi connectivity index (χ1n) is 5.12. The fourth-order valence-corrected chi connectivity index (χ4v) is 2.32. The molecule has 1 unspecified atom stereocenters. The Morgan fingerprint density at radius 1 is 1.44 bits per heavy atom. The fourth-order valence-electron chi connectivity index (χ4n) is 1.19. The van der Waals surface area contributed by atoms with Crippen LogP contribution in [0.15, 0.2) is 23.4 Å². The molecule has 1 atom stereocenters. The molecule has 1 heterocycles. The highest BCUT2D eigenvalue weighted by atomic mass is 32.2. The molecule has 8 heteroatoms. The van der Waals surface area contributed by atoms with Gasteiger partial charge >= 0.3 is 6.18 Å². The van der Waals surface area contributed by atoms with Crippen molar-refractivity contribution in [3.05, 3.63) is 18.5 Å². The van der Waals surface area contributed by atoms with Gasteiger partial charge in [-0.25, -0.2) is 0 Å². The Balaban J connectivity index is 2.28. The highest BCUT2D eigenvalue weighted by molar-refractivity contribution is 7.85. The molecule has 0 saturated carbocycles. The molecule has 18 heavy (non-hydrogen) atoms. The summed E-state index contributed by atoms with van der Waals surface area (Å²) in [6.07, 6.45) is -1.21. The molecule has 0 radical (unpaired) electrons. The minimum absolute atomic E-state index is 0.0871. The SMILES string of the molecule is Nc1cnccc1S(=O)CCCOCC(F)(F)F. The van der Waals surface area contributed by atoms with E-state index in [0.29, 0.717) is 10.6 Å². The first-order chi connectivity index (χ1) is 8.40. The number of aromatic nitrogens is 1. The van der Waals surface area contributed by atoms with E-state index in [1.165, 1.54) is 18.5 Å². The molecule has 0 fully saturated rings. The molecule has 0 saturated heterocycles. The van der Waals surface area contributed by atoms with Gasteiger partial charge in [-0.05, 0) is 12.5 Å². The standard InChI is InChI=1S/C10H13F3N2O2S/c11-10(12,13)7-17-4-1-5-18(16)9-2-3-15-6-8(9)14/h2-3,6H,1,4-5,7,14H2. The Hall–Kier alpha value is -1.15. The van der Waals surface area contributed by atoms with Crippen LogP contribution in [0, 0.1) is 0 Å². The van der Waals surface area contributed by atoms with Crippen molar-refractivity contribution in [2.75, 3.05) is 24.7 Å². The number of nitrogens with zero attached hydrogens (tertiary/aromatic N) is 1. The zero-order valence-electron chi connectivity index (χ0n) is 9.44. The monoisotopic (exact) mass is 282 g/mol. The van der Waals surface area contributed by atoms with Crippen LogP contribution in [-0.2, 0) is 15.5 Å². The van der Waals surface area contributed by atoms with Crippen LogP contribution in [0.1, 0.15) is 6.42 Å². The highest BCUT2D eigenvalue weighted by Crippen LogP contribution is 2.16. The molecule has 1 rings (SSSR count). The van der Waals surface area contributed by atoms with Gasteiger partial charge in [0, 0.05) is 18.6 Å². The predicted molar refractivity (Wildman–Crippen MR) is 61.4 cm³/mol. The maximum Gasteiger partial charge on any atom is 0.411 e. The number of hydrogen-bond donors (Lipinski definition) is 1. The van der Waals surface area contributed by atoms with Crippen molar-refractivity contribution in [2.24, 2.45) is 0 Å². The van der Waals surface area contributed by atoms with Crippen molar-refractivity contribution in [1.82, 2.24) is 4.98 Å². The quantitative estimate of drug-likeness (QED) is 0.807. The molecule has 0 aromatic carbocycles. The lowest BCUT2D eigenvalue weighted by atomic mass is 10.4. The van der Waals surface area contributed by atoms with Crippen LogP contribution in [0.25, 0.3) is 0 Å². The summed E-state index contributed by atoms with van der Waals surface area (Å²) in [5.41, 5.74) is 5.89. The third-order valence-corrected chi connectivity index (χ3v) is 3.46. The number of halogens is 3. The molecule has 0 aliphatic carbocycles. The number of ether oxygens (including phenoxy) is 1. The average molecular weight is 282 g/mol. The van der Waals surface area contributed by atoms with Crippen LogP contribution in [-0.4, -0.2) is 34.3 Å². The topological polar surface area (TPSA) is 65.2 Å². The van der Waals surface area contributed by atoms with E-state index in [2.05, 4.69) is 9.72 Å². The van der Waals surface area contributed by atoms with E-state index in [0.717, 1.165) is 0 Å². The molecule has 2 N–H and O–H groups in total. The third-order valence-electron chi connectivity index (χ3n) is 1.94. The fraction of sp³-hybridized carbons (Fsp3) is 0.500. The Kier molecular flexibility index (Phi) is 5.54. The van der Waals surface area contributed by atoms with Gasteiger partial charge in [-0.1, -0.05) is 0 Å². The number of rotatable bonds is 6. The molecular formula is C10H13F3N2O2S. The zero-order valence-corrected chi connectivity index (χ0v) is 10.3. The van der Waals surface area contributed by atoms with Gasteiger partial charge in [0.1, 0.15) is 6.61 Å². The van der Waals surface area contributed by atoms with Crippen molar-refractivity contribution in [1.29, 1.82) is 0 Å². The van der Waals surface area contributed by atoms with E-state index in [1.807, 2.05) is 0 Å². The molecule has 0 aliphatic rings. The van der Waals surface area contributed by atoms with Crippen molar-refractivity contribution >= 4 is 16.5 Å². The van der Waals surface area contributed by atoms with Crippen LogP contribution in [0.4, 0.5) is 18.9 Å². The Bertz CT molecular complexity index is 412. The summed E-state index contributed by atoms with van der Waals surface area (Å²) in [7, 11) is -1.35. The summed E-state index contributed by atoms with van der Waals surface area (Å²) in [5.74, 6) is 0.200. The minimum Gasteiger partial charge on any atom is -0.396 e. The second-order valence-corrected chi connectivity index (χ2v) is 5.02. The number of pyridine rings is 1. The van der Waals surface area contributed by atoms with Gasteiger partial charge in [-0.2, -0.15) is 13.2 Å². The summed E-state index contributed by atoms with van der Waals surface area (Å²) < 4.78 is 51.4. The van der Waals surface area contributed by atoms with Crippen LogP contribution in [0.3, 0.4) is 0 Å². The summed E-state index contributed by atoms with van der Waals surface area (Å²) in [6.45, 7) is -1.37. The molecule has 0 aliphatic heterocycles. The Morgan fingerprint density at radius 2 is 2.17 bits per heavy atom. The van der Waals surface area contributed by atoms with Gasteiger partial charge in [0.05, 0.1) is 27.6 Å². The number of hydrogen-bond acceptors (Lipinski definition) is 4. The molecule has 0 bridgehead atoms. The van der Waals surface area contributed by atoms with Gasteiger partial charge in [0.15, 0.2) is 0 Å². The van der Waals surface area contributed by atoms with Crippen molar-refractivity contribution < 1.29 is 22.1 Å². The van der Waals surface area contributed by atoms with Gasteiger partial charge < -0.3 is 10.5 Å². The molecular weight excluding hydrogens is 269 g/mol. The van der Waals surface area contributed by atoms with Gasteiger partial charge in [-0.3, -0.25) is 9.19 Å². The molecule has 0 amide bonds. The Labute approximate surface area is 105 Å². The van der Waals surface area contributed by atoms with Crippen molar-refractivity contribution in [3.8, 4) is 0 Å². The van der Waals surface area contributed by atoms with Crippen LogP contribution in [0.2, 0.25) is 0 Å². The first-order valence-corrected chi connectivity index (χ1v) is 6.44. The summed E-state index contributed by atoms with van der Waals surface area (Å²) in [6, 6.07) is 1.53. The minimum atomic E-state index is -4.32. The predicted octanol–water partition coefficient (Wildman–Crippen LogP) is 1.74. The maximum atomic E-state index is 11.8. The second kappa shape index (κ2) is 6.69. The Morgan fingerprint density at radius 3 is 2.78 bits per heavy atom. The van der Waals surface area contributed by atoms with Crippen LogP contribution in [0.5, 0.6) is 0 Å². The van der Waals surface area contributed by atoms with Crippen LogP contribution >= 0.6 is 0 Å². The molecule has 4 nitrogen and oxygen atoms in total. The maximum absolute atomic E-state index is 11.8. The summed E-state index contributed by atoms with van der Waals surface area (Å²) in [4.78, 5) is 4.20. The normalized spacial score (nSPS) is 13.5. The van der Waals surface area contributed by atoms with E-state index in [-0.39, 0.29) is 18.8 Å². The van der Waals surface area contributed by atoms with Gasteiger partial charge in [0.2, 0.25) is 0 Å². The highest BCUT2D eigenvalue weighted by Gasteiger charge is 2.27. The third kappa shape index (κ3) is 5.46. The largest absolute Gasteiger partial charge is 0.411 e. The number of nitrogens with two attached hydrogens (primary N) is 1. The van der Waals surface area contributed by atoms with Gasteiger partial charge in [-0.15, -0.1) is 0 Å². The first kappa shape index (κ1) is 14.9. The van der Waals surface area contributed by atoms with E-state index < -0.39 is 23.6 Å². The van der Waals surface area contributed by atoms with E-state index in [1.54, 1.807) is 0 Å². The van der Waals surface area contributed by atoms with Crippen LogP contribution < -0.4 is 5.73 Å². The number of nitrogen functional groups attached to an aromatic ring is 1. The lowest BCUT2D eigenvalue weighted by molar-refractivity contribution is -0.173. The lowest BCUT2D eigenvalue weighted by Crippen LogP contribution is -2.18. The van der Waals surface area contributed by atoms with Crippen molar-refractivity contribution in [3.63, 3.8) is 0 Å². The molecule has 1 aromatic heterocycles. The number of anilines is 1. The summed E-state index contributed by atoms with van der Waals surface area (Å²) >= 11 is 0. The van der Waals surface area contributed by atoms with Crippen molar-refractivity contribution in [2.45, 2.75) is 17.5 Å². The molecule has 102 valence electrons. The van der Waals surface area contributed by atoms with E-state index >= 15 is 0 Å². The average Bonchev–Trinajstić information content (AvgIpc) is 2.27. The van der Waals surface area contributed by atoms with Gasteiger partial charge in [0.25, 0.3) is 0 Å². The second-order valence-electron chi connectivity index (χ2n) is 3.48. The summed E-state index contributed by atoms with van der Waals surface area (Å²) in [5, 5.41) is 0. The van der Waals surface area contributed by atoms with E-state index in [9.17, 15) is 17.4 Å². The smallest absolute Gasteiger partial charge is 0.396 e. The molecule has 1 aromatic rings. The zero-order chi connectivity index (χ0) is 13.6. The number of alkyl halides is 3. The van der Waals surface area contributed by atoms with E-state index in [4.69, 9.17) is 5.73 Å². The lowest BCUT2D eigenvalue weighted by Gasteiger charge is -2.08. The molecule has 0 spiro atoms.